The standard InChI is InChI=1S/C21H30N2O3/c1-3-14-26-18-9-6-5-8-17(18)20(25)23-13-7-11-21(16-23)12-10-19(24)22(4-2)15-21/h5-6,8-9H,3-4,7,10-16H2,1-2H3. The number of rotatable bonds is 5. The number of para-hydroxylation sites is 1. The molecule has 2 heterocycles. The van der Waals surface area contributed by atoms with Gasteiger partial charge in [0.05, 0.1) is 12.2 Å². The Morgan fingerprint density at radius 2 is 2.00 bits per heavy atom. The molecule has 2 amide bonds. The minimum Gasteiger partial charge on any atom is -0.493 e. The molecule has 0 radical (unpaired) electrons. The lowest BCUT2D eigenvalue weighted by molar-refractivity contribution is -0.138. The molecule has 2 aliphatic heterocycles. The Balaban J connectivity index is 1.76. The maximum Gasteiger partial charge on any atom is 0.257 e. The first-order valence-electron chi connectivity index (χ1n) is 9.87. The lowest BCUT2D eigenvalue weighted by Crippen LogP contribution is -2.55. The second kappa shape index (κ2) is 8.11. The molecule has 2 aliphatic rings. The van der Waals surface area contributed by atoms with Crippen LogP contribution in [0.15, 0.2) is 24.3 Å². The van der Waals surface area contributed by atoms with Gasteiger partial charge in [-0.1, -0.05) is 19.1 Å². The number of piperidine rings is 2. The van der Waals surface area contributed by atoms with E-state index < -0.39 is 0 Å². The van der Waals surface area contributed by atoms with E-state index in [2.05, 4.69) is 6.92 Å². The summed E-state index contributed by atoms with van der Waals surface area (Å²) in [7, 11) is 0. The predicted octanol–water partition coefficient (Wildman–Crippen LogP) is 3.34. The first-order chi connectivity index (χ1) is 12.6. The van der Waals surface area contributed by atoms with Crippen LogP contribution in [0.2, 0.25) is 0 Å². The van der Waals surface area contributed by atoms with Crippen molar-refractivity contribution in [2.24, 2.45) is 5.41 Å². The summed E-state index contributed by atoms with van der Waals surface area (Å²) in [5, 5.41) is 0. The first kappa shape index (κ1) is 18.7. The molecule has 1 aromatic carbocycles. The van der Waals surface area contributed by atoms with Crippen molar-refractivity contribution in [1.29, 1.82) is 0 Å². The van der Waals surface area contributed by atoms with Crippen molar-refractivity contribution >= 4 is 11.8 Å². The second-order valence-corrected chi connectivity index (χ2v) is 7.58. The van der Waals surface area contributed by atoms with Gasteiger partial charge in [-0.25, -0.2) is 0 Å². The molecule has 2 saturated heterocycles. The normalized spacial score (nSPS) is 23.4. The molecule has 0 saturated carbocycles. The fraction of sp³-hybridized carbons (Fsp3) is 0.619. The van der Waals surface area contributed by atoms with Crippen LogP contribution in [0.25, 0.3) is 0 Å². The Labute approximate surface area is 156 Å². The highest BCUT2D eigenvalue weighted by atomic mass is 16.5. The van der Waals surface area contributed by atoms with Gasteiger partial charge in [0.1, 0.15) is 5.75 Å². The van der Waals surface area contributed by atoms with Crippen LogP contribution in [0, 0.1) is 5.41 Å². The van der Waals surface area contributed by atoms with Gasteiger partial charge in [-0.2, -0.15) is 0 Å². The number of amides is 2. The van der Waals surface area contributed by atoms with Gasteiger partial charge >= 0.3 is 0 Å². The minimum absolute atomic E-state index is 0.0516. The first-order valence-corrected chi connectivity index (χ1v) is 9.87. The van der Waals surface area contributed by atoms with Gasteiger partial charge in [0.25, 0.3) is 5.91 Å². The molecule has 0 bridgehead atoms. The quantitative estimate of drug-likeness (QED) is 0.811. The molecule has 0 aliphatic carbocycles. The number of likely N-dealkylation sites (tertiary alicyclic amines) is 2. The summed E-state index contributed by atoms with van der Waals surface area (Å²) in [4.78, 5) is 29.2. The molecule has 26 heavy (non-hydrogen) atoms. The summed E-state index contributed by atoms with van der Waals surface area (Å²) >= 11 is 0. The average Bonchev–Trinajstić information content (AvgIpc) is 2.68. The van der Waals surface area contributed by atoms with Gasteiger partial charge < -0.3 is 14.5 Å². The third-order valence-corrected chi connectivity index (χ3v) is 5.66. The monoisotopic (exact) mass is 358 g/mol. The SMILES string of the molecule is CCCOc1ccccc1C(=O)N1CCCC2(CCC(=O)N(CC)C2)C1. The summed E-state index contributed by atoms with van der Waals surface area (Å²) in [6.45, 7) is 7.75. The Hall–Kier alpha value is -2.04. The van der Waals surface area contributed by atoms with Crippen LogP contribution in [0.1, 0.15) is 56.3 Å². The van der Waals surface area contributed by atoms with Crippen LogP contribution in [-0.2, 0) is 4.79 Å². The van der Waals surface area contributed by atoms with Crippen molar-refractivity contribution < 1.29 is 14.3 Å². The Bertz CT molecular complexity index is 660. The Kier molecular flexibility index (Phi) is 5.84. The molecule has 0 aromatic heterocycles. The van der Waals surface area contributed by atoms with Crippen molar-refractivity contribution in [3.63, 3.8) is 0 Å². The fourth-order valence-corrected chi connectivity index (χ4v) is 4.26. The van der Waals surface area contributed by atoms with Crippen LogP contribution in [0.4, 0.5) is 0 Å². The van der Waals surface area contributed by atoms with E-state index in [0.717, 1.165) is 51.9 Å². The van der Waals surface area contributed by atoms with E-state index in [9.17, 15) is 9.59 Å². The Morgan fingerprint density at radius 3 is 2.77 bits per heavy atom. The molecule has 1 aromatic rings. The number of carbonyl (C=O) groups excluding carboxylic acids is 2. The average molecular weight is 358 g/mol. The highest BCUT2D eigenvalue weighted by Crippen LogP contribution is 2.39. The van der Waals surface area contributed by atoms with Gasteiger partial charge in [0.15, 0.2) is 0 Å². The fourth-order valence-electron chi connectivity index (χ4n) is 4.26. The van der Waals surface area contributed by atoms with Gasteiger partial charge in [0, 0.05) is 38.0 Å². The summed E-state index contributed by atoms with van der Waals surface area (Å²) in [5.41, 5.74) is 0.703. The van der Waals surface area contributed by atoms with E-state index in [-0.39, 0.29) is 17.2 Å². The third kappa shape index (κ3) is 3.87. The largest absolute Gasteiger partial charge is 0.493 e. The van der Waals surface area contributed by atoms with Crippen LogP contribution in [-0.4, -0.2) is 54.4 Å². The molecule has 0 N–H and O–H groups in total. The number of benzene rings is 1. The second-order valence-electron chi connectivity index (χ2n) is 7.58. The van der Waals surface area contributed by atoms with E-state index in [1.807, 2.05) is 41.0 Å². The molecule has 5 heteroatoms. The smallest absolute Gasteiger partial charge is 0.257 e. The third-order valence-electron chi connectivity index (χ3n) is 5.66. The van der Waals surface area contributed by atoms with Crippen molar-refractivity contribution in [2.45, 2.75) is 46.0 Å². The van der Waals surface area contributed by atoms with E-state index >= 15 is 0 Å². The van der Waals surface area contributed by atoms with Crippen LogP contribution < -0.4 is 4.74 Å². The van der Waals surface area contributed by atoms with Gasteiger partial charge in [-0.3, -0.25) is 9.59 Å². The molecule has 1 spiro atoms. The maximum absolute atomic E-state index is 13.2. The molecular formula is C21H30N2O3. The van der Waals surface area contributed by atoms with Crippen molar-refractivity contribution in [3.05, 3.63) is 29.8 Å². The highest BCUT2D eigenvalue weighted by Gasteiger charge is 2.42. The Morgan fingerprint density at radius 1 is 1.19 bits per heavy atom. The summed E-state index contributed by atoms with van der Waals surface area (Å²) in [6, 6.07) is 7.53. The number of carbonyl (C=O) groups is 2. The van der Waals surface area contributed by atoms with Gasteiger partial charge in [0.2, 0.25) is 5.91 Å². The molecule has 5 nitrogen and oxygen atoms in total. The summed E-state index contributed by atoms with van der Waals surface area (Å²) in [5.74, 6) is 0.976. The van der Waals surface area contributed by atoms with Crippen molar-refractivity contribution in [3.8, 4) is 5.75 Å². The molecule has 2 fully saturated rings. The van der Waals surface area contributed by atoms with E-state index in [1.54, 1.807) is 0 Å². The van der Waals surface area contributed by atoms with E-state index in [0.29, 0.717) is 24.3 Å². The molecular weight excluding hydrogens is 328 g/mol. The predicted molar refractivity (Wildman–Crippen MR) is 101 cm³/mol. The van der Waals surface area contributed by atoms with Gasteiger partial charge in [-0.15, -0.1) is 0 Å². The maximum atomic E-state index is 13.2. The van der Waals surface area contributed by atoms with Crippen LogP contribution >= 0.6 is 0 Å². The zero-order valence-electron chi connectivity index (χ0n) is 16.0. The topological polar surface area (TPSA) is 49.9 Å². The number of ether oxygens (including phenoxy) is 1. The lowest BCUT2D eigenvalue weighted by atomic mass is 9.73. The summed E-state index contributed by atoms with van der Waals surface area (Å²) in [6.07, 6.45) is 4.49. The number of nitrogens with zero attached hydrogens (tertiary/aromatic N) is 2. The van der Waals surface area contributed by atoms with Crippen LogP contribution in [0.5, 0.6) is 5.75 Å². The van der Waals surface area contributed by atoms with E-state index in [4.69, 9.17) is 4.74 Å². The lowest BCUT2D eigenvalue weighted by Gasteiger charge is -2.48. The summed E-state index contributed by atoms with van der Waals surface area (Å²) < 4.78 is 5.78. The molecule has 3 rings (SSSR count). The number of hydrogen-bond donors (Lipinski definition) is 0. The van der Waals surface area contributed by atoms with Crippen LogP contribution in [0.3, 0.4) is 0 Å². The zero-order valence-corrected chi connectivity index (χ0v) is 16.0. The minimum atomic E-state index is 0.0516. The molecule has 1 atom stereocenters. The van der Waals surface area contributed by atoms with E-state index in [1.165, 1.54) is 0 Å². The molecule has 1 unspecified atom stereocenters. The van der Waals surface area contributed by atoms with Gasteiger partial charge in [-0.05, 0) is 44.7 Å². The highest BCUT2D eigenvalue weighted by molar-refractivity contribution is 5.97. The van der Waals surface area contributed by atoms with Crippen molar-refractivity contribution in [1.82, 2.24) is 9.80 Å². The zero-order chi connectivity index (χ0) is 18.6. The number of hydrogen-bond acceptors (Lipinski definition) is 3. The van der Waals surface area contributed by atoms with Crippen molar-refractivity contribution in [2.75, 3.05) is 32.8 Å². The molecule has 142 valence electrons.